The van der Waals surface area contributed by atoms with Gasteiger partial charge in [0.2, 0.25) is 0 Å². The molecule has 0 aromatic heterocycles. The maximum atomic E-state index is 10.5. The highest BCUT2D eigenvalue weighted by Crippen LogP contribution is 2.23. The summed E-state index contributed by atoms with van der Waals surface area (Å²) in [7, 11) is 0. The van der Waals surface area contributed by atoms with Crippen LogP contribution in [-0.2, 0) is 4.74 Å². The number of hydrogen-bond acceptors (Lipinski definition) is 3. The number of nitrogens with zero attached hydrogens (tertiary/aromatic N) is 1. The van der Waals surface area contributed by atoms with Crippen LogP contribution in [0.1, 0.15) is 25.0 Å². The first-order chi connectivity index (χ1) is 7.69. The third kappa shape index (κ3) is 3.17. The van der Waals surface area contributed by atoms with Crippen molar-refractivity contribution in [2.75, 3.05) is 6.61 Å². The molecule has 1 rings (SSSR count). The van der Waals surface area contributed by atoms with E-state index in [1.54, 1.807) is 18.2 Å². The molecule has 4 nitrogen and oxygen atoms in total. The van der Waals surface area contributed by atoms with Gasteiger partial charge in [-0.2, -0.15) is 0 Å². The summed E-state index contributed by atoms with van der Waals surface area (Å²) < 4.78 is 5.53. The Morgan fingerprint density at radius 3 is 2.56 bits per heavy atom. The Kier molecular flexibility index (Phi) is 4.66. The molecule has 1 unspecified atom stereocenters. The molecule has 0 saturated carbocycles. The van der Waals surface area contributed by atoms with Gasteiger partial charge < -0.3 is 4.74 Å². The van der Waals surface area contributed by atoms with Crippen molar-refractivity contribution < 1.29 is 9.66 Å². The maximum Gasteiger partial charge on any atom is 0.269 e. The molecule has 0 saturated heterocycles. The molecule has 0 spiro atoms. The molecule has 1 aromatic rings. The number of non-ortho nitro benzene ring substituents is 1. The summed E-state index contributed by atoms with van der Waals surface area (Å²) in [4.78, 5) is 10.1. The fourth-order valence-electron chi connectivity index (χ4n) is 1.46. The topological polar surface area (TPSA) is 52.4 Å². The predicted octanol–water partition coefficient (Wildman–Crippen LogP) is 3.25. The van der Waals surface area contributed by atoms with Crippen LogP contribution < -0.4 is 0 Å². The molecule has 0 bridgehead atoms. The Morgan fingerprint density at radius 1 is 1.50 bits per heavy atom. The summed E-state index contributed by atoms with van der Waals surface area (Å²) in [6, 6.07) is 6.43. The molecule has 86 valence electrons. The molecule has 0 radical (unpaired) electrons. The number of rotatable bonds is 6. The van der Waals surface area contributed by atoms with Crippen molar-refractivity contribution in [3.05, 3.63) is 52.6 Å². The highest BCUT2D eigenvalue weighted by Gasteiger charge is 2.11. The van der Waals surface area contributed by atoms with Crippen molar-refractivity contribution in [1.82, 2.24) is 0 Å². The maximum absolute atomic E-state index is 10.5. The molecule has 16 heavy (non-hydrogen) atoms. The average Bonchev–Trinajstić information content (AvgIpc) is 2.29. The van der Waals surface area contributed by atoms with Gasteiger partial charge in [0.1, 0.15) is 0 Å². The number of nitro benzene ring substituents is 1. The van der Waals surface area contributed by atoms with E-state index in [0.717, 1.165) is 5.56 Å². The fraction of sp³-hybridized carbons (Fsp3) is 0.333. The Bertz CT molecular complexity index is 359. The average molecular weight is 221 g/mol. The van der Waals surface area contributed by atoms with E-state index in [-0.39, 0.29) is 11.8 Å². The molecule has 1 aromatic carbocycles. The Hall–Kier alpha value is -1.68. The third-order valence-electron chi connectivity index (χ3n) is 2.22. The van der Waals surface area contributed by atoms with Gasteiger partial charge in [-0.15, -0.1) is 6.58 Å². The first-order valence-electron chi connectivity index (χ1n) is 5.16. The van der Waals surface area contributed by atoms with Crippen molar-refractivity contribution in [1.29, 1.82) is 0 Å². The molecular formula is C12H15NO3. The van der Waals surface area contributed by atoms with E-state index in [0.29, 0.717) is 13.0 Å². The van der Waals surface area contributed by atoms with Crippen LogP contribution in [0.3, 0.4) is 0 Å². The lowest BCUT2D eigenvalue weighted by Crippen LogP contribution is -2.03. The van der Waals surface area contributed by atoms with E-state index in [4.69, 9.17) is 4.74 Å². The van der Waals surface area contributed by atoms with E-state index in [2.05, 4.69) is 6.58 Å². The van der Waals surface area contributed by atoms with E-state index >= 15 is 0 Å². The summed E-state index contributed by atoms with van der Waals surface area (Å²) in [5, 5.41) is 10.5. The number of benzene rings is 1. The lowest BCUT2D eigenvalue weighted by atomic mass is 10.1. The van der Waals surface area contributed by atoms with Gasteiger partial charge in [0.15, 0.2) is 0 Å². The van der Waals surface area contributed by atoms with Crippen molar-refractivity contribution in [2.24, 2.45) is 0 Å². The highest BCUT2D eigenvalue weighted by molar-refractivity contribution is 5.33. The van der Waals surface area contributed by atoms with Crippen LogP contribution >= 0.6 is 0 Å². The van der Waals surface area contributed by atoms with Gasteiger partial charge in [-0.3, -0.25) is 10.1 Å². The Labute approximate surface area is 94.7 Å². The minimum Gasteiger partial charge on any atom is -0.373 e. The molecule has 0 aliphatic heterocycles. The monoisotopic (exact) mass is 221 g/mol. The quantitative estimate of drug-likeness (QED) is 0.421. The minimum atomic E-state index is -0.410. The fourth-order valence-corrected chi connectivity index (χ4v) is 1.46. The van der Waals surface area contributed by atoms with Crippen LogP contribution in [0.5, 0.6) is 0 Å². The molecule has 0 heterocycles. The van der Waals surface area contributed by atoms with Gasteiger partial charge >= 0.3 is 0 Å². The zero-order chi connectivity index (χ0) is 12.0. The third-order valence-corrected chi connectivity index (χ3v) is 2.22. The molecule has 1 atom stereocenters. The van der Waals surface area contributed by atoms with Crippen molar-refractivity contribution in [2.45, 2.75) is 19.4 Å². The number of hydrogen-bond donors (Lipinski definition) is 0. The molecule has 0 fully saturated rings. The van der Waals surface area contributed by atoms with Crippen LogP contribution in [0.25, 0.3) is 0 Å². The van der Waals surface area contributed by atoms with Gasteiger partial charge in [-0.1, -0.05) is 6.08 Å². The van der Waals surface area contributed by atoms with Crippen LogP contribution in [0.15, 0.2) is 36.9 Å². The van der Waals surface area contributed by atoms with E-state index < -0.39 is 4.92 Å². The standard InChI is InChI=1S/C12H15NO3/c1-3-5-12(16-4-2)10-6-8-11(9-7-10)13(14)15/h3,6-9,12H,1,4-5H2,2H3. The van der Waals surface area contributed by atoms with E-state index in [1.165, 1.54) is 12.1 Å². The summed E-state index contributed by atoms with van der Waals surface area (Å²) >= 11 is 0. The van der Waals surface area contributed by atoms with Crippen LogP contribution in [-0.4, -0.2) is 11.5 Å². The summed E-state index contributed by atoms with van der Waals surface area (Å²) in [6.07, 6.45) is 2.41. The van der Waals surface area contributed by atoms with Crippen molar-refractivity contribution in [3.63, 3.8) is 0 Å². The molecule has 0 N–H and O–H groups in total. The predicted molar refractivity (Wildman–Crippen MR) is 62.3 cm³/mol. The van der Waals surface area contributed by atoms with Gasteiger partial charge in [0.05, 0.1) is 11.0 Å². The van der Waals surface area contributed by atoms with Gasteiger partial charge in [0.25, 0.3) is 5.69 Å². The zero-order valence-electron chi connectivity index (χ0n) is 9.26. The van der Waals surface area contributed by atoms with Crippen LogP contribution in [0, 0.1) is 10.1 Å². The van der Waals surface area contributed by atoms with Gasteiger partial charge in [-0.05, 0) is 31.0 Å². The first-order valence-corrected chi connectivity index (χ1v) is 5.16. The molecular weight excluding hydrogens is 206 g/mol. The second kappa shape index (κ2) is 6.02. The smallest absolute Gasteiger partial charge is 0.269 e. The molecule has 4 heteroatoms. The van der Waals surface area contributed by atoms with Gasteiger partial charge in [0, 0.05) is 18.7 Å². The second-order valence-corrected chi connectivity index (χ2v) is 3.32. The lowest BCUT2D eigenvalue weighted by Gasteiger charge is -2.15. The highest BCUT2D eigenvalue weighted by atomic mass is 16.6. The van der Waals surface area contributed by atoms with Gasteiger partial charge in [-0.25, -0.2) is 0 Å². The zero-order valence-corrected chi connectivity index (χ0v) is 9.26. The van der Waals surface area contributed by atoms with E-state index in [9.17, 15) is 10.1 Å². The van der Waals surface area contributed by atoms with E-state index in [1.807, 2.05) is 6.92 Å². The molecule has 0 amide bonds. The molecule has 0 aliphatic rings. The first kappa shape index (κ1) is 12.4. The summed E-state index contributed by atoms with van der Waals surface area (Å²) in [6.45, 7) is 6.19. The second-order valence-electron chi connectivity index (χ2n) is 3.32. The Balaban J connectivity index is 2.84. The largest absolute Gasteiger partial charge is 0.373 e. The number of nitro groups is 1. The Morgan fingerprint density at radius 2 is 2.12 bits per heavy atom. The lowest BCUT2D eigenvalue weighted by molar-refractivity contribution is -0.384. The minimum absolute atomic E-state index is 0.0664. The SMILES string of the molecule is C=CCC(OCC)c1ccc([N+](=O)[O-])cc1. The van der Waals surface area contributed by atoms with Crippen molar-refractivity contribution >= 4 is 5.69 Å². The summed E-state index contributed by atoms with van der Waals surface area (Å²) in [5.74, 6) is 0. The van der Waals surface area contributed by atoms with Crippen LogP contribution in [0.2, 0.25) is 0 Å². The number of ether oxygens (including phenoxy) is 1. The van der Waals surface area contributed by atoms with Crippen molar-refractivity contribution in [3.8, 4) is 0 Å². The molecule has 0 aliphatic carbocycles. The summed E-state index contributed by atoms with van der Waals surface area (Å²) in [5.41, 5.74) is 1.03. The van der Waals surface area contributed by atoms with Crippen LogP contribution in [0.4, 0.5) is 5.69 Å². The normalized spacial score (nSPS) is 12.1.